The molecule has 5 heteroatoms. The molecular formula is C7H10F2N2O. The summed E-state index contributed by atoms with van der Waals surface area (Å²) in [5.41, 5.74) is 0. The van der Waals surface area contributed by atoms with Gasteiger partial charge in [0.05, 0.1) is 6.20 Å². The second-order valence-corrected chi connectivity index (χ2v) is 2.40. The van der Waals surface area contributed by atoms with Crippen molar-refractivity contribution < 1.29 is 13.5 Å². The average Bonchev–Trinajstić information content (AvgIpc) is 2.31. The lowest BCUT2D eigenvalue weighted by atomic mass is 10.6. The van der Waals surface area contributed by atoms with Crippen LogP contribution in [0, 0.1) is 0 Å². The minimum Gasteiger partial charge on any atom is -0.415 e. The third-order valence-electron chi connectivity index (χ3n) is 1.26. The van der Waals surface area contributed by atoms with Crippen LogP contribution in [0.5, 0.6) is 5.88 Å². The zero-order valence-corrected chi connectivity index (χ0v) is 6.92. The van der Waals surface area contributed by atoms with Crippen LogP contribution in [0.4, 0.5) is 8.78 Å². The van der Waals surface area contributed by atoms with E-state index in [0.717, 1.165) is 0 Å². The van der Waals surface area contributed by atoms with Crippen LogP contribution >= 0.6 is 0 Å². The maximum absolute atomic E-state index is 12.3. The third-order valence-corrected chi connectivity index (χ3v) is 1.26. The second-order valence-electron chi connectivity index (χ2n) is 2.40. The highest BCUT2D eigenvalue weighted by atomic mass is 19.3. The molecule has 1 rings (SSSR count). The van der Waals surface area contributed by atoms with Gasteiger partial charge in [-0.25, -0.2) is 4.68 Å². The van der Waals surface area contributed by atoms with Crippen molar-refractivity contribution >= 4 is 0 Å². The topological polar surface area (TPSA) is 27.1 Å². The Bertz CT molecular complexity index is 254. The molecule has 12 heavy (non-hydrogen) atoms. The Balaban J connectivity index is 2.75. The van der Waals surface area contributed by atoms with Gasteiger partial charge in [0.1, 0.15) is 0 Å². The van der Waals surface area contributed by atoms with Crippen molar-refractivity contribution in [3.63, 3.8) is 0 Å². The van der Waals surface area contributed by atoms with E-state index in [1.54, 1.807) is 6.92 Å². The molecule has 1 aromatic rings. The highest BCUT2D eigenvalue weighted by Gasteiger charge is 2.24. The summed E-state index contributed by atoms with van der Waals surface area (Å²) in [6, 6.07) is 1.40. The first-order valence-corrected chi connectivity index (χ1v) is 3.61. The number of halogens is 2. The molecule has 0 spiro atoms. The molecule has 0 saturated heterocycles. The van der Waals surface area contributed by atoms with Crippen molar-refractivity contribution in [3.05, 3.63) is 12.3 Å². The van der Waals surface area contributed by atoms with Gasteiger partial charge in [-0.2, -0.15) is 13.9 Å². The lowest BCUT2D eigenvalue weighted by Gasteiger charge is -2.12. The van der Waals surface area contributed by atoms with Crippen LogP contribution in [0.25, 0.3) is 0 Å². The summed E-state index contributed by atoms with van der Waals surface area (Å²) >= 11 is 0. The van der Waals surface area contributed by atoms with Gasteiger partial charge in [0, 0.05) is 19.5 Å². The quantitative estimate of drug-likeness (QED) is 0.703. The van der Waals surface area contributed by atoms with Crippen LogP contribution in [-0.4, -0.2) is 15.9 Å². The van der Waals surface area contributed by atoms with E-state index in [9.17, 15) is 8.78 Å². The third kappa shape index (κ3) is 2.18. The molecule has 1 heterocycles. The van der Waals surface area contributed by atoms with Crippen LogP contribution in [0.3, 0.4) is 0 Å². The molecule has 0 aliphatic rings. The number of ether oxygens (including phenoxy) is 1. The predicted octanol–water partition coefficient (Wildman–Crippen LogP) is 1.89. The molecule has 0 aliphatic carbocycles. The lowest BCUT2D eigenvalue weighted by molar-refractivity contribution is -0.163. The number of alkyl halides is 2. The number of nitrogens with zero attached hydrogens (tertiary/aromatic N) is 2. The van der Waals surface area contributed by atoms with Crippen molar-refractivity contribution in [1.82, 2.24) is 9.78 Å². The maximum atomic E-state index is 12.3. The van der Waals surface area contributed by atoms with E-state index < -0.39 is 6.11 Å². The molecule has 1 aromatic heterocycles. The van der Waals surface area contributed by atoms with Gasteiger partial charge >= 0.3 is 6.11 Å². The standard InChI is InChI=1S/C7H10F2N2O/c1-3-11-6(4-5-10-11)12-7(2,8)9/h4-5H,3H2,1-2H3. The van der Waals surface area contributed by atoms with Crippen molar-refractivity contribution in [3.8, 4) is 5.88 Å². The Morgan fingerprint density at radius 1 is 1.67 bits per heavy atom. The van der Waals surface area contributed by atoms with Crippen LogP contribution < -0.4 is 4.74 Å². The van der Waals surface area contributed by atoms with E-state index in [2.05, 4.69) is 9.84 Å². The van der Waals surface area contributed by atoms with Gasteiger partial charge in [-0.05, 0) is 6.92 Å². The molecule has 3 nitrogen and oxygen atoms in total. The Kier molecular flexibility index (Phi) is 2.30. The molecule has 0 N–H and O–H groups in total. The van der Waals surface area contributed by atoms with Crippen molar-refractivity contribution in [2.45, 2.75) is 26.5 Å². The van der Waals surface area contributed by atoms with Gasteiger partial charge in [0.25, 0.3) is 0 Å². The van der Waals surface area contributed by atoms with Gasteiger partial charge in [0.15, 0.2) is 0 Å². The summed E-state index contributed by atoms with van der Waals surface area (Å²) in [4.78, 5) is 0. The first-order valence-electron chi connectivity index (χ1n) is 3.61. The molecule has 0 aromatic carbocycles. The summed E-state index contributed by atoms with van der Waals surface area (Å²) in [5, 5.41) is 3.78. The lowest BCUT2D eigenvalue weighted by Crippen LogP contribution is -2.21. The molecule has 0 fully saturated rings. The zero-order valence-electron chi connectivity index (χ0n) is 6.92. The fourth-order valence-electron chi connectivity index (χ4n) is 0.828. The van der Waals surface area contributed by atoms with E-state index in [-0.39, 0.29) is 5.88 Å². The van der Waals surface area contributed by atoms with E-state index >= 15 is 0 Å². The number of hydrogen-bond donors (Lipinski definition) is 0. The molecule has 0 amide bonds. The fourth-order valence-corrected chi connectivity index (χ4v) is 0.828. The van der Waals surface area contributed by atoms with Gasteiger partial charge < -0.3 is 4.74 Å². The van der Waals surface area contributed by atoms with Gasteiger partial charge in [0.2, 0.25) is 5.88 Å². The fraction of sp³-hybridized carbons (Fsp3) is 0.571. The summed E-state index contributed by atoms with van der Waals surface area (Å²) in [5.74, 6) is 0.0880. The monoisotopic (exact) mass is 176 g/mol. The van der Waals surface area contributed by atoms with E-state index in [1.807, 2.05) is 0 Å². The molecule has 0 aliphatic heterocycles. The summed E-state index contributed by atoms with van der Waals surface area (Å²) in [7, 11) is 0. The first kappa shape index (κ1) is 8.96. The summed E-state index contributed by atoms with van der Waals surface area (Å²) in [6.07, 6.45) is -1.72. The smallest absolute Gasteiger partial charge is 0.396 e. The van der Waals surface area contributed by atoms with E-state index in [1.165, 1.54) is 16.9 Å². The van der Waals surface area contributed by atoms with Crippen molar-refractivity contribution in [1.29, 1.82) is 0 Å². The molecule has 0 saturated carbocycles. The Hall–Kier alpha value is -1.13. The predicted molar refractivity (Wildman–Crippen MR) is 39.2 cm³/mol. The number of aromatic nitrogens is 2. The first-order chi connectivity index (χ1) is 5.53. The van der Waals surface area contributed by atoms with Gasteiger partial charge in [-0.1, -0.05) is 0 Å². The molecular weight excluding hydrogens is 166 g/mol. The molecule has 0 radical (unpaired) electrons. The van der Waals surface area contributed by atoms with E-state index in [4.69, 9.17) is 0 Å². The summed E-state index contributed by atoms with van der Waals surface area (Å²) in [6.45, 7) is 3.01. The maximum Gasteiger partial charge on any atom is 0.396 e. The van der Waals surface area contributed by atoms with Gasteiger partial charge in [-0.3, -0.25) is 0 Å². The number of rotatable bonds is 3. The van der Waals surface area contributed by atoms with Crippen LogP contribution in [-0.2, 0) is 6.54 Å². The SMILES string of the molecule is CCn1nccc1OC(C)(F)F. The summed E-state index contributed by atoms with van der Waals surface area (Å²) < 4.78 is 30.4. The van der Waals surface area contributed by atoms with Crippen LogP contribution in [0.1, 0.15) is 13.8 Å². The van der Waals surface area contributed by atoms with Gasteiger partial charge in [-0.15, -0.1) is 0 Å². The molecule has 0 bridgehead atoms. The number of aryl methyl sites for hydroxylation is 1. The molecule has 0 unspecified atom stereocenters. The van der Waals surface area contributed by atoms with Crippen molar-refractivity contribution in [2.75, 3.05) is 0 Å². The second kappa shape index (κ2) is 3.08. The van der Waals surface area contributed by atoms with Crippen molar-refractivity contribution in [2.24, 2.45) is 0 Å². The minimum absolute atomic E-state index is 0.0880. The molecule has 68 valence electrons. The van der Waals surface area contributed by atoms with E-state index in [0.29, 0.717) is 13.5 Å². The largest absolute Gasteiger partial charge is 0.415 e. The van der Waals surface area contributed by atoms with Crippen LogP contribution in [0.2, 0.25) is 0 Å². The Labute approximate surface area is 68.9 Å². The molecule has 0 atom stereocenters. The highest BCUT2D eigenvalue weighted by Crippen LogP contribution is 2.19. The average molecular weight is 176 g/mol. The Morgan fingerprint density at radius 2 is 2.33 bits per heavy atom. The zero-order chi connectivity index (χ0) is 9.19. The minimum atomic E-state index is -3.15. The normalized spacial score (nSPS) is 11.7. The number of hydrogen-bond acceptors (Lipinski definition) is 2. The van der Waals surface area contributed by atoms with Crippen LogP contribution in [0.15, 0.2) is 12.3 Å². The highest BCUT2D eigenvalue weighted by molar-refractivity contribution is 5.07. The Morgan fingerprint density at radius 3 is 2.83 bits per heavy atom.